The average Bonchev–Trinajstić information content (AvgIpc) is 3.13. The average molecular weight is 409 g/mol. The first-order valence-electron chi connectivity index (χ1n) is 10.5. The fourth-order valence-electron chi connectivity index (χ4n) is 4.31. The zero-order valence-electron chi connectivity index (χ0n) is 18.4. The Hall–Kier alpha value is -2.85. The Morgan fingerprint density at radius 2 is 1.87 bits per heavy atom. The van der Waals surface area contributed by atoms with Crippen molar-refractivity contribution in [2.75, 3.05) is 18.4 Å². The summed E-state index contributed by atoms with van der Waals surface area (Å²) < 4.78 is 1.79. The zero-order valence-corrected chi connectivity index (χ0v) is 18.4. The third kappa shape index (κ3) is 4.49. The number of amides is 1. The molecule has 0 radical (unpaired) electrons. The highest BCUT2D eigenvalue weighted by Crippen LogP contribution is 2.39. The zero-order chi connectivity index (χ0) is 21.9. The number of carbonyl (C=O) groups excluding carboxylic acids is 1. The number of benzene rings is 1. The van der Waals surface area contributed by atoms with Crippen LogP contribution in [0.3, 0.4) is 0 Å². The molecule has 1 aliphatic rings. The van der Waals surface area contributed by atoms with Crippen LogP contribution in [0, 0.1) is 17.2 Å². The molecule has 3 rings (SSSR count). The number of rotatable bonds is 6. The molecule has 0 spiro atoms. The van der Waals surface area contributed by atoms with E-state index >= 15 is 0 Å². The fourth-order valence-corrected chi connectivity index (χ4v) is 4.31. The normalized spacial score (nSPS) is 17.8. The van der Waals surface area contributed by atoms with Crippen LogP contribution in [0.5, 0.6) is 0 Å². The Balaban J connectivity index is 1.91. The van der Waals surface area contributed by atoms with E-state index in [2.05, 4.69) is 44.0 Å². The predicted octanol–water partition coefficient (Wildman–Crippen LogP) is 3.86. The van der Waals surface area contributed by atoms with E-state index in [-0.39, 0.29) is 11.5 Å². The number of para-hydroxylation sites is 1. The molecule has 1 fully saturated rings. The molecular weight excluding hydrogens is 376 g/mol. The minimum Gasteiger partial charge on any atom is -0.365 e. The van der Waals surface area contributed by atoms with E-state index in [1.54, 1.807) is 10.9 Å². The number of piperidine rings is 1. The number of nitrogens with zero attached hydrogens (tertiary/aromatic N) is 4. The molecule has 1 aromatic heterocycles. The monoisotopic (exact) mass is 408 g/mol. The largest absolute Gasteiger partial charge is 0.365 e. The molecule has 1 aromatic carbocycles. The lowest BCUT2D eigenvalue weighted by Crippen LogP contribution is -2.50. The molecule has 160 valence electrons. The van der Waals surface area contributed by atoms with Gasteiger partial charge in [-0.2, -0.15) is 10.4 Å². The second kappa shape index (κ2) is 8.49. The Morgan fingerprint density at radius 1 is 1.23 bits per heavy atom. The number of hydrogen-bond donors (Lipinski definition) is 2. The Bertz CT molecular complexity index is 915. The lowest BCUT2D eigenvalue weighted by atomic mass is 9.76. The molecule has 2 aromatic rings. The second-order valence-electron chi connectivity index (χ2n) is 9.32. The van der Waals surface area contributed by atoms with Crippen molar-refractivity contribution >= 4 is 17.4 Å². The van der Waals surface area contributed by atoms with Crippen molar-refractivity contribution < 1.29 is 4.79 Å². The number of carbonyl (C=O) groups is 1. The second-order valence-corrected chi connectivity index (χ2v) is 9.32. The number of aromatic nitrogens is 2. The summed E-state index contributed by atoms with van der Waals surface area (Å²) in [5, 5.41) is 17.5. The van der Waals surface area contributed by atoms with E-state index in [0.29, 0.717) is 17.8 Å². The van der Waals surface area contributed by atoms with E-state index in [1.165, 1.54) is 0 Å². The van der Waals surface area contributed by atoms with Gasteiger partial charge >= 0.3 is 0 Å². The predicted molar refractivity (Wildman–Crippen MR) is 118 cm³/mol. The van der Waals surface area contributed by atoms with Crippen LogP contribution < -0.4 is 11.1 Å². The summed E-state index contributed by atoms with van der Waals surface area (Å²) in [6.45, 7) is 10.7. The highest BCUT2D eigenvalue weighted by molar-refractivity contribution is 5.98. The van der Waals surface area contributed by atoms with E-state index < -0.39 is 11.4 Å². The molecule has 0 bridgehead atoms. The molecule has 1 atom stereocenters. The van der Waals surface area contributed by atoms with Gasteiger partial charge in [0.05, 0.1) is 18.0 Å². The topological polar surface area (TPSA) is 100.0 Å². The quantitative estimate of drug-likeness (QED) is 0.756. The maximum atomic E-state index is 12.1. The SMILES string of the molecule is CC(C)(C)N1CCC(C(C)(CC#N)n2cc(C(N)=O)c(Nc3ccccc3)n2)CC1. The summed E-state index contributed by atoms with van der Waals surface area (Å²) in [5.74, 6) is 0.160. The molecule has 0 aliphatic carbocycles. The third-order valence-corrected chi connectivity index (χ3v) is 6.30. The Labute approximate surface area is 178 Å². The van der Waals surface area contributed by atoms with Crippen molar-refractivity contribution in [2.45, 2.75) is 58.0 Å². The van der Waals surface area contributed by atoms with Gasteiger partial charge in [0.25, 0.3) is 5.91 Å². The minimum absolute atomic E-state index is 0.133. The van der Waals surface area contributed by atoms with E-state index in [9.17, 15) is 10.1 Å². The minimum atomic E-state index is -0.540. The van der Waals surface area contributed by atoms with Gasteiger partial charge in [-0.05, 0) is 71.7 Å². The van der Waals surface area contributed by atoms with Gasteiger partial charge in [-0.3, -0.25) is 14.4 Å². The number of primary amides is 1. The number of likely N-dealkylation sites (tertiary alicyclic amines) is 1. The van der Waals surface area contributed by atoms with Gasteiger partial charge in [-0.1, -0.05) is 18.2 Å². The maximum Gasteiger partial charge on any atom is 0.254 e. The highest BCUT2D eigenvalue weighted by Gasteiger charge is 2.41. The summed E-state index contributed by atoms with van der Waals surface area (Å²) in [6.07, 6.45) is 3.96. The van der Waals surface area contributed by atoms with Crippen molar-refractivity contribution in [1.82, 2.24) is 14.7 Å². The summed E-state index contributed by atoms with van der Waals surface area (Å²) >= 11 is 0. The summed E-state index contributed by atoms with van der Waals surface area (Å²) in [6, 6.07) is 11.9. The first-order valence-corrected chi connectivity index (χ1v) is 10.5. The Morgan fingerprint density at radius 3 is 2.40 bits per heavy atom. The van der Waals surface area contributed by atoms with Crippen LogP contribution in [0.25, 0.3) is 0 Å². The Kier molecular flexibility index (Phi) is 6.18. The molecule has 1 saturated heterocycles. The number of nitrogens with one attached hydrogen (secondary N) is 1. The van der Waals surface area contributed by atoms with Crippen molar-refractivity contribution in [2.24, 2.45) is 11.7 Å². The molecular formula is C23H32N6O. The smallest absolute Gasteiger partial charge is 0.254 e. The van der Waals surface area contributed by atoms with E-state index in [0.717, 1.165) is 31.6 Å². The van der Waals surface area contributed by atoms with Crippen molar-refractivity contribution in [3.8, 4) is 6.07 Å². The lowest BCUT2D eigenvalue weighted by Gasteiger charge is -2.45. The molecule has 1 aliphatic heterocycles. The third-order valence-electron chi connectivity index (χ3n) is 6.30. The van der Waals surface area contributed by atoms with Crippen LogP contribution in [0.15, 0.2) is 36.5 Å². The van der Waals surface area contributed by atoms with Crippen LogP contribution in [-0.4, -0.2) is 39.2 Å². The molecule has 1 unspecified atom stereocenters. The fraction of sp³-hybridized carbons (Fsp3) is 0.522. The van der Waals surface area contributed by atoms with E-state index in [1.807, 2.05) is 30.3 Å². The van der Waals surface area contributed by atoms with Gasteiger partial charge in [-0.25, -0.2) is 0 Å². The van der Waals surface area contributed by atoms with Crippen LogP contribution in [0.1, 0.15) is 57.3 Å². The highest BCUT2D eigenvalue weighted by atomic mass is 16.1. The van der Waals surface area contributed by atoms with Crippen LogP contribution in [-0.2, 0) is 5.54 Å². The first-order chi connectivity index (χ1) is 14.1. The molecule has 30 heavy (non-hydrogen) atoms. The molecule has 3 N–H and O–H groups in total. The van der Waals surface area contributed by atoms with Gasteiger partial charge in [0, 0.05) is 17.4 Å². The number of hydrogen-bond acceptors (Lipinski definition) is 5. The summed E-state index contributed by atoms with van der Waals surface area (Å²) in [5.41, 5.74) is 6.41. The molecule has 7 heteroatoms. The number of anilines is 2. The van der Waals surface area contributed by atoms with Gasteiger partial charge in [0.15, 0.2) is 5.82 Å². The summed E-state index contributed by atoms with van der Waals surface area (Å²) in [4.78, 5) is 14.6. The molecule has 0 saturated carbocycles. The van der Waals surface area contributed by atoms with Crippen molar-refractivity contribution in [3.05, 3.63) is 42.1 Å². The van der Waals surface area contributed by atoms with Crippen molar-refractivity contribution in [1.29, 1.82) is 5.26 Å². The summed E-state index contributed by atoms with van der Waals surface area (Å²) in [7, 11) is 0. The van der Waals surface area contributed by atoms with Crippen LogP contribution >= 0.6 is 0 Å². The van der Waals surface area contributed by atoms with Gasteiger partial charge in [0.2, 0.25) is 0 Å². The van der Waals surface area contributed by atoms with Gasteiger partial charge < -0.3 is 11.1 Å². The maximum absolute atomic E-state index is 12.1. The standard InChI is InChI=1S/C23H32N6O/c1-22(2,3)28-14-10-17(11-15-28)23(4,12-13-24)29-16-19(20(25)30)21(27-29)26-18-8-6-5-7-9-18/h5-9,16-17H,10-12,14-15H2,1-4H3,(H2,25,30)(H,26,27). The van der Waals surface area contributed by atoms with Crippen LogP contribution in [0.2, 0.25) is 0 Å². The number of nitriles is 1. The molecule has 2 heterocycles. The van der Waals surface area contributed by atoms with E-state index in [4.69, 9.17) is 10.8 Å². The van der Waals surface area contributed by atoms with Gasteiger partial charge in [-0.15, -0.1) is 0 Å². The van der Waals surface area contributed by atoms with Crippen molar-refractivity contribution in [3.63, 3.8) is 0 Å². The number of nitrogens with two attached hydrogens (primary N) is 1. The molecule has 1 amide bonds. The molecule has 7 nitrogen and oxygen atoms in total. The lowest BCUT2D eigenvalue weighted by molar-refractivity contribution is 0.0415. The van der Waals surface area contributed by atoms with Crippen LogP contribution in [0.4, 0.5) is 11.5 Å². The van der Waals surface area contributed by atoms with Gasteiger partial charge in [0.1, 0.15) is 5.56 Å². The first kappa shape index (κ1) is 21.8.